The summed E-state index contributed by atoms with van der Waals surface area (Å²) in [5.74, 6) is -1.03. The minimum atomic E-state index is -3.38. The lowest BCUT2D eigenvalue weighted by atomic mass is 9.70. The molecular weight excluding hydrogens is 294 g/mol. The van der Waals surface area contributed by atoms with Crippen LogP contribution in [0.25, 0.3) is 0 Å². The molecule has 21 heavy (non-hydrogen) atoms. The third-order valence-electron chi connectivity index (χ3n) is 4.26. The summed E-state index contributed by atoms with van der Waals surface area (Å²) in [6.07, 6.45) is 0.269. The normalized spacial score (nSPS) is 21.2. The van der Waals surface area contributed by atoms with Gasteiger partial charge in [0.25, 0.3) is 0 Å². The number of nitrogens with zero attached hydrogens (tertiary/aromatic N) is 1. The fourth-order valence-electron chi connectivity index (χ4n) is 2.60. The van der Waals surface area contributed by atoms with E-state index in [-0.39, 0.29) is 37.1 Å². The Hall–Kier alpha value is -0.660. The largest absolute Gasteiger partial charge is 0.481 e. The summed E-state index contributed by atoms with van der Waals surface area (Å²) in [5.41, 5.74) is -3.02. The Balaban J connectivity index is 2.83. The second kappa shape index (κ2) is 5.52. The van der Waals surface area contributed by atoms with E-state index in [0.717, 1.165) is 0 Å². The molecule has 0 saturated carbocycles. The van der Waals surface area contributed by atoms with E-state index in [1.54, 1.807) is 0 Å². The highest BCUT2D eigenvalue weighted by Gasteiger charge is 2.51. The molecule has 1 aliphatic rings. The number of sulfonamides is 1. The quantitative estimate of drug-likeness (QED) is 0.814. The Morgan fingerprint density at radius 2 is 1.57 bits per heavy atom. The lowest BCUT2D eigenvalue weighted by Gasteiger charge is -2.45. The Labute approximate surface area is 127 Å². The molecule has 0 amide bonds. The fraction of sp³-hybridized carbons (Fsp3) is 0.929. The summed E-state index contributed by atoms with van der Waals surface area (Å²) in [7, 11) is -3.38. The molecule has 6 nitrogen and oxygen atoms in total. The van der Waals surface area contributed by atoms with Gasteiger partial charge in [-0.05, 0) is 32.1 Å². The van der Waals surface area contributed by atoms with Gasteiger partial charge in [0.05, 0.1) is 16.8 Å². The summed E-state index contributed by atoms with van der Waals surface area (Å²) in [6, 6.07) is 0. The Kier molecular flexibility index (Phi) is 4.83. The first-order chi connectivity index (χ1) is 9.21. The van der Waals surface area contributed by atoms with Crippen LogP contribution in [0.3, 0.4) is 0 Å². The van der Waals surface area contributed by atoms with Gasteiger partial charge in [-0.1, -0.05) is 20.8 Å². The molecule has 0 aromatic heterocycles. The first-order valence-corrected chi connectivity index (χ1v) is 8.76. The minimum Gasteiger partial charge on any atom is -0.481 e. The third-order valence-corrected chi connectivity index (χ3v) is 6.64. The monoisotopic (exact) mass is 321 g/mol. The molecule has 124 valence electrons. The van der Waals surface area contributed by atoms with Crippen LogP contribution in [0.1, 0.15) is 47.5 Å². The highest BCUT2D eigenvalue weighted by molar-refractivity contribution is 7.89. The third kappa shape index (κ3) is 3.96. The molecule has 1 saturated heterocycles. The van der Waals surface area contributed by atoms with Crippen molar-refractivity contribution in [3.05, 3.63) is 0 Å². The summed E-state index contributed by atoms with van der Waals surface area (Å²) in [6.45, 7) is 8.86. The van der Waals surface area contributed by atoms with Crippen molar-refractivity contribution in [1.29, 1.82) is 0 Å². The number of carboxylic acids is 1. The first kappa shape index (κ1) is 18.4. The van der Waals surface area contributed by atoms with Crippen LogP contribution in [0, 0.1) is 10.8 Å². The molecule has 2 N–H and O–H groups in total. The summed E-state index contributed by atoms with van der Waals surface area (Å²) in [5, 5.41) is 19.8. The van der Waals surface area contributed by atoms with Crippen LogP contribution < -0.4 is 0 Å². The average Bonchev–Trinajstić information content (AvgIpc) is 2.25. The van der Waals surface area contributed by atoms with Gasteiger partial charge in [0.1, 0.15) is 0 Å². The maximum Gasteiger partial charge on any atom is 0.312 e. The van der Waals surface area contributed by atoms with Crippen LogP contribution in [0.5, 0.6) is 0 Å². The maximum atomic E-state index is 12.3. The Morgan fingerprint density at radius 1 is 1.14 bits per heavy atom. The molecule has 0 spiro atoms. The highest BCUT2D eigenvalue weighted by atomic mass is 32.2. The summed E-state index contributed by atoms with van der Waals surface area (Å²) in [4.78, 5) is 11.3. The van der Waals surface area contributed by atoms with Gasteiger partial charge >= 0.3 is 5.97 Å². The van der Waals surface area contributed by atoms with Gasteiger partial charge in [0.2, 0.25) is 10.0 Å². The maximum absolute atomic E-state index is 12.3. The Morgan fingerprint density at radius 3 is 1.90 bits per heavy atom. The molecule has 0 aromatic carbocycles. The molecule has 0 atom stereocenters. The lowest BCUT2D eigenvalue weighted by molar-refractivity contribution is -0.169. The number of carbonyl (C=O) groups is 1. The molecule has 1 heterocycles. The molecule has 1 fully saturated rings. The highest BCUT2D eigenvalue weighted by Crippen LogP contribution is 2.40. The number of aliphatic carboxylic acids is 1. The van der Waals surface area contributed by atoms with Gasteiger partial charge < -0.3 is 10.2 Å². The molecule has 1 rings (SSSR count). The van der Waals surface area contributed by atoms with Gasteiger partial charge in [0.15, 0.2) is 0 Å². The molecule has 0 bridgehead atoms. The van der Waals surface area contributed by atoms with Gasteiger partial charge in [0, 0.05) is 13.1 Å². The summed E-state index contributed by atoms with van der Waals surface area (Å²) >= 11 is 0. The second-order valence-corrected chi connectivity index (χ2v) is 9.65. The van der Waals surface area contributed by atoms with Crippen molar-refractivity contribution in [2.75, 3.05) is 18.8 Å². The SMILES string of the molecule is CC(C)(C)CS(=O)(=O)N1CCC(O)(C(C)(C)C(=O)O)CC1. The molecule has 0 radical (unpaired) electrons. The zero-order chi connectivity index (χ0) is 16.7. The number of piperidine rings is 1. The average molecular weight is 321 g/mol. The van der Waals surface area contributed by atoms with Crippen LogP contribution in [-0.4, -0.2) is 53.3 Å². The van der Waals surface area contributed by atoms with E-state index in [2.05, 4.69) is 0 Å². The van der Waals surface area contributed by atoms with Crippen molar-refractivity contribution in [2.24, 2.45) is 10.8 Å². The van der Waals surface area contributed by atoms with Gasteiger partial charge in [-0.25, -0.2) is 12.7 Å². The van der Waals surface area contributed by atoms with Crippen LogP contribution in [0.15, 0.2) is 0 Å². The van der Waals surface area contributed by atoms with Crippen molar-refractivity contribution in [3.8, 4) is 0 Å². The molecular formula is C14H27NO5S. The molecule has 0 unspecified atom stereocenters. The number of hydrogen-bond donors (Lipinski definition) is 2. The van der Waals surface area contributed by atoms with Crippen LogP contribution in [0.4, 0.5) is 0 Å². The molecule has 1 aliphatic heterocycles. The van der Waals surface area contributed by atoms with E-state index in [9.17, 15) is 23.4 Å². The van der Waals surface area contributed by atoms with E-state index in [4.69, 9.17) is 0 Å². The van der Waals surface area contributed by atoms with E-state index < -0.39 is 27.0 Å². The smallest absolute Gasteiger partial charge is 0.312 e. The predicted octanol–water partition coefficient (Wildman–Crippen LogP) is 1.30. The zero-order valence-electron chi connectivity index (χ0n) is 13.5. The summed E-state index contributed by atoms with van der Waals surface area (Å²) < 4.78 is 26.0. The number of rotatable bonds is 4. The van der Waals surface area contributed by atoms with Crippen molar-refractivity contribution in [2.45, 2.75) is 53.1 Å². The van der Waals surface area contributed by atoms with Crippen molar-refractivity contribution in [3.63, 3.8) is 0 Å². The van der Waals surface area contributed by atoms with Crippen molar-refractivity contribution < 1.29 is 23.4 Å². The molecule has 7 heteroatoms. The number of aliphatic hydroxyl groups is 1. The van der Waals surface area contributed by atoms with Crippen molar-refractivity contribution >= 4 is 16.0 Å². The number of hydrogen-bond acceptors (Lipinski definition) is 4. The second-order valence-electron chi connectivity index (χ2n) is 7.68. The minimum absolute atomic E-state index is 0.0424. The van der Waals surface area contributed by atoms with E-state index in [1.165, 1.54) is 18.2 Å². The molecule has 0 aromatic rings. The van der Waals surface area contributed by atoms with Crippen LogP contribution in [0.2, 0.25) is 0 Å². The van der Waals surface area contributed by atoms with Crippen molar-refractivity contribution in [1.82, 2.24) is 4.31 Å². The van der Waals surface area contributed by atoms with E-state index in [0.29, 0.717) is 0 Å². The van der Waals surface area contributed by atoms with Gasteiger partial charge in [-0.2, -0.15) is 0 Å². The first-order valence-electron chi connectivity index (χ1n) is 7.15. The standard InChI is InChI=1S/C14H27NO5S/c1-12(2,3)10-21(19,20)15-8-6-14(18,7-9-15)13(4,5)11(16)17/h18H,6-10H2,1-5H3,(H,16,17). The van der Waals surface area contributed by atoms with E-state index in [1.807, 2.05) is 20.8 Å². The lowest BCUT2D eigenvalue weighted by Crippen LogP contribution is -2.57. The topological polar surface area (TPSA) is 94.9 Å². The number of carboxylic acid groups (broad SMARTS) is 1. The predicted molar refractivity (Wildman–Crippen MR) is 80.4 cm³/mol. The zero-order valence-corrected chi connectivity index (χ0v) is 14.3. The van der Waals surface area contributed by atoms with Crippen LogP contribution in [-0.2, 0) is 14.8 Å². The molecule has 0 aliphatic carbocycles. The van der Waals surface area contributed by atoms with Gasteiger partial charge in [-0.3, -0.25) is 4.79 Å². The Bertz CT molecular complexity index is 496. The van der Waals surface area contributed by atoms with Gasteiger partial charge in [-0.15, -0.1) is 0 Å². The fourth-order valence-corrected chi connectivity index (χ4v) is 4.61. The van der Waals surface area contributed by atoms with Crippen LogP contribution >= 0.6 is 0 Å². The van der Waals surface area contributed by atoms with E-state index >= 15 is 0 Å².